The van der Waals surface area contributed by atoms with Gasteiger partial charge in [0.2, 0.25) is 0 Å². The average Bonchev–Trinajstić information content (AvgIpc) is 3.24. The minimum absolute atomic E-state index is 0. The summed E-state index contributed by atoms with van der Waals surface area (Å²) in [5.74, 6) is 0. The molecule has 157 valence electrons. The van der Waals surface area contributed by atoms with Crippen molar-refractivity contribution in [2.75, 3.05) is 0 Å². The van der Waals surface area contributed by atoms with Crippen LogP contribution < -0.4 is 0 Å². The summed E-state index contributed by atoms with van der Waals surface area (Å²) in [7, 11) is 0. The monoisotopic (exact) mass is 656 g/mol. The van der Waals surface area contributed by atoms with Crippen molar-refractivity contribution in [2.45, 2.75) is 0 Å². The molecular formula is C27H17IrN3Se-2. The fraction of sp³-hybridized carbons (Fsp3) is 0. The Morgan fingerprint density at radius 3 is 2.22 bits per heavy atom. The molecule has 0 atom stereocenters. The summed E-state index contributed by atoms with van der Waals surface area (Å²) in [5, 5.41) is 2.65. The third-order valence-electron chi connectivity index (χ3n) is 4.76. The minimum atomic E-state index is 0. The predicted octanol–water partition coefficient (Wildman–Crippen LogP) is 5.85. The fourth-order valence-electron chi connectivity index (χ4n) is 3.30. The second kappa shape index (κ2) is 10.6. The van der Waals surface area contributed by atoms with Gasteiger partial charge < -0.3 is 4.98 Å². The van der Waals surface area contributed by atoms with E-state index in [9.17, 15) is 0 Å². The number of pyridine rings is 3. The van der Waals surface area contributed by atoms with Crippen LogP contribution in [0.3, 0.4) is 0 Å². The maximum atomic E-state index is 4.53. The molecule has 2 aromatic carbocycles. The van der Waals surface area contributed by atoms with E-state index in [1.54, 1.807) is 12.4 Å². The molecular weight excluding hydrogens is 637 g/mol. The Labute approximate surface area is 206 Å². The molecule has 0 aliphatic heterocycles. The summed E-state index contributed by atoms with van der Waals surface area (Å²) in [6.07, 6.45) is 5.56. The number of fused-ring (bicyclic) bond motifs is 3. The van der Waals surface area contributed by atoms with Crippen LogP contribution in [0.1, 0.15) is 0 Å². The molecule has 0 bridgehead atoms. The van der Waals surface area contributed by atoms with Crippen molar-refractivity contribution in [3.63, 3.8) is 0 Å². The SMILES string of the molecule is [Ir].[c-]1ccccc1-c1ccccn1.[c-]1cccnc1-c1cc2c(cn1)[se]c1ccccc12. The van der Waals surface area contributed by atoms with E-state index >= 15 is 0 Å². The first kappa shape index (κ1) is 22.3. The fourth-order valence-corrected chi connectivity index (χ4v) is 5.52. The average molecular weight is 655 g/mol. The van der Waals surface area contributed by atoms with Crippen LogP contribution in [-0.2, 0) is 20.1 Å². The number of rotatable bonds is 2. The molecule has 1 radical (unpaired) electrons. The van der Waals surface area contributed by atoms with Crippen molar-refractivity contribution >= 4 is 33.8 Å². The first-order chi connectivity index (χ1) is 15.4. The third-order valence-corrected chi connectivity index (χ3v) is 7.12. The van der Waals surface area contributed by atoms with Crippen LogP contribution in [0.5, 0.6) is 0 Å². The van der Waals surface area contributed by atoms with Gasteiger partial charge >= 0.3 is 116 Å². The maximum absolute atomic E-state index is 4.53. The molecule has 0 N–H and O–H groups in total. The van der Waals surface area contributed by atoms with E-state index in [1.807, 2.05) is 60.8 Å². The molecule has 0 aliphatic carbocycles. The zero-order valence-electron chi connectivity index (χ0n) is 16.9. The molecule has 32 heavy (non-hydrogen) atoms. The summed E-state index contributed by atoms with van der Waals surface area (Å²) in [6, 6.07) is 34.4. The van der Waals surface area contributed by atoms with E-state index in [2.05, 4.69) is 57.4 Å². The van der Waals surface area contributed by atoms with Gasteiger partial charge in [0.05, 0.1) is 0 Å². The Hall–Kier alpha value is -2.94. The van der Waals surface area contributed by atoms with Gasteiger partial charge in [-0.2, -0.15) is 0 Å². The number of hydrogen-bond donors (Lipinski definition) is 0. The van der Waals surface area contributed by atoms with Crippen molar-refractivity contribution in [1.29, 1.82) is 0 Å². The molecule has 0 fully saturated rings. The summed E-state index contributed by atoms with van der Waals surface area (Å²) in [5.41, 5.74) is 3.71. The van der Waals surface area contributed by atoms with Gasteiger partial charge in [-0.15, -0.1) is 35.9 Å². The molecule has 5 heteroatoms. The van der Waals surface area contributed by atoms with Crippen LogP contribution in [0.4, 0.5) is 0 Å². The van der Waals surface area contributed by atoms with Gasteiger partial charge in [-0.3, -0.25) is 0 Å². The van der Waals surface area contributed by atoms with Crippen molar-refractivity contribution in [3.05, 3.63) is 116 Å². The van der Waals surface area contributed by atoms with E-state index in [4.69, 9.17) is 0 Å². The Kier molecular flexibility index (Phi) is 7.36. The molecule has 0 spiro atoms. The number of aromatic nitrogens is 3. The molecule has 0 aliphatic rings. The first-order valence-corrected chi connectivity index (χ1v) is 11.6. The summed E-state index contributed by atoms with van der Waals surface area (Å²) < 4.78 is 2.79. The van der Waals surface area contributed by atoms with Crippen LogP contribution in [0.2, 0.25) is 0 Å². The molecule has 0 saturated heterocycles. The van der Waals surface area contributed by atoms with Gasteiger partial charge in [0.1, 0.15) is 0 Å². The Bertz CT molecular complexity index is 1380. The molecule has 0 unspecified atom stereocenters. The van der Waals surface area contributed by atoms with Gasteiger partial charge in [0.25, 0.3) is 0 Å². The summed E-state index contributed by atoms with van der Waals surface area (Å²) in [6.45, 7) is 0. The summed E-state index contributed by atoms with van der Waals surface area (Å²) in [4.78, 5) is 13.1. The van der Waals surface area contributed by atoms with E-state index in [0.29, 0.717) is 14.5 Å². The van der Waals surface area contributed by atoms with Gasteiger partial charge in [0, 0.05) is 26.3 Å². The second-order valence-corrected chi connectivity index (χ2v) is 9.06. The number of benzene rings is 2. The number of nitrogens with zero attached hydrogens (tertiary/aromatic N) is 3. The second-order valence-electron chi connectivity index (χ2n) is 6.79. The Balaban J connectivity index is 0.000000164. The molecule has 6 aromatic rings. The zero-order valence-corrected chi connectivity index (χ0v) is 21.0. The van der Waals surface area contributed by atoms with Gasteiger partial charge in [-0.05, 0) is 11.8 Å². The zero-order chi connectivity index (χ0) is 20.9. The van der Waals surface area contributed by atoms with Gasteiger partial charge in [-0.1, -0.05) is 12.1 Å². The quantitative estimate of drug-likeness (QED) is 0.174. The molecule has 0 amide bonds. The normalized spacial score (nSPS) is 10.2. The predicted molar refractivity (Wildman–Crippen MR) is 127 cm³/mol. The van der Waals surface area contributed by atoms with E-state index < -0.39 is 0 Å². The molecule has 6 rings (SSSR count). The van der Waals surface area contributed by atoms with Crippen LogP contribution in [0, 0.1) is 12.1 Å². The van der Waals surface area contributed by atoms with Crippen LogP contribution >= 0.6 is 0 Å². The Morgan fingerprint density at radius 1 is 0.625 bits per heavy atom. The number of hydrogen-bond acceptors (Lipinski definition) is 3. The molecule has 4 aromatic heterocycles. The van der Waals surface area contributed by atoms with Crippen molar-refractivity contribution in [3.8, 4) is 22.6 Å². The molecule has 3 nitrogen and oxygen atoms in total. The van der Waals surface area contributed by atoms with Crippen molar-refractivity contribution < 1.29 is 20.1 Å². The topological polar surface area (TPSA) is 38.7 Å². The van der Waals surface area contributed by atoms with E-state index in [-0.39, 0.29) is 20.1 Å². The van der Waals surface area contributed by atoms with Crippen molar-refractivity contribution in [2.24, 2.45) is 0 Å². The van der Waals surface area contributed by atoms with E-state index in [0.717, 1.165) is 22.6 Å². The van der Waals surface area contributed by atoms with E-state index in [1.165, 1.54) is 19.3 Å². The van der Waals surface area contributed by atoms with Crippen LogP contribution in [-0.4, -0.2) is 29.5 Å². The summed E-state index contributed by atoms with van der Waals surface area (Å²) >= 11 is 0.380. The van der Waals surface area contributed by atoms with Crippen LogP contribution in [0.15, 0.2) is 104 Å². The standard InChI is InChI=1S/C16H9N2Se.C11H8N.Ir/c1-2-7-15-11(5-1)12-9-14(18-10-16(12)19-15)13-6-3-4-8-17-13;1-2-6-10(7-3-1)11-8-4-5-9-12-11;/h1-5,7-10H;1-6,8-9H;/q2*-1;. The first-order valence-electron chi connectivity index (χ1n) is 9.87. The Morgan fingerprint density at radius 2 is 1.44 bits per heavy atom. The van der Waals surface area contributed by atoms with Gasteiger partial charge in [-0.25, -0.2) is 0 Å². The van der Waals surface area contributed by atoms with Crippen molar-refractivity contribution in [1.82, 2.24) is 15.0 Å². The molecule has 0 saturated carbocycles. The molecule has 4 heterocycles. The third kappa shape index (κ3) is 4.93. The van der Waals surface area contributed by atoms with Gasteiger partial charge in [0.15, 0.2) is 0 Å². The van der Waals surface area contributed by atoms with Crippen LogP contribution in [0.25, 0.3) is 41.9 Å².